The first-order valence-corrected chi connectivity index (χ1v) is 11.5. The van der Waals surface area contributed by atoms with Crippen LogP contribution in [0.3, 0.4) is 0 Å². The van der Waals surface area contributed by atoms with Crippen LogP contribution in [0.4, 0.5) is 0 Å². The average molecular weight is 442 g/mol. The third-order valence-electron chi connectivity index (χ3n) is 3.64. The summed E-state index contributed by atoms with van der Waals surface area (Å²) in [6.45, 7) is 24.8. The van der Waals surface area contributed by atoms with Crippen LogP contribution in [0.15, 0.2) is 34.7 Å². The number of aromatic carboxylic acids is 1. The van der Waals surface area contributed by atoms with Gasteiger partial charge in [0.1, 0.15) is 5.56 Å². The third-order valence-corrected chi connectivity index (χ3v) is 4.00. The molecule has 1 heterocycles. The van der Waals surface area contributed by atoms with Crippen molar-refractivity contribution in [3.8, 4) is 0 Å². The minimum absolute atomic E-state index is 0.128. The molecule has 0 amide bonds. The van der Waals surface area contributed by atoms with Crippen molar-refractivity contribution < 1.29 is 9.90 Å². The standard InChI is InChI=1S/C17H22ClNO3.C4H10.2C2H6/c1-5-8-19-10-12(17(21)22)15(20)9-14(19)16(11(4)6-2)13(18)7-3;1-4(2)3;2*1-2/h7,9-11H,3,5-6,8H2,1-2,4H3,(H,21,22);4H,1-3H3;2*1-2H3/b16-13-;;;. The Morgan fingerprint density at radius 2 is 1.63 bits per heavy atom. The summed E-state index contributed by atoms with van der Waals surface area (Å²) in [7, 11) is 0. The molecule has 4 nitrogen and oxygen atoms in total. The Bertz CT molecular complexity index is 700. The molecule has 0 aromatic carbocycles. The van der Waals surface area contributed by atoms with Crippen LogP contribution in [0.2, 0.25) is 0 Å². The molecule has 0 fully saturated rings. The van der Waals surface area contributed by atoms with Crippen molar-refractivity contribution in [2.24, 2.45) is 11.8 Å². The molecule has 0 spiro atoms. The number of nitrogens with zero attached hydrogens (tertiary/aromatic N) is 1. The van der Waals surface area contributed by atoms with E-state index in [2.05, 4.69) is 27.4 Å². The van der Waals surface area contributed by atoms with Crippen LogP contribution in [0.5, 0.6) is 0 Å². The summed E-state index contributed by atoms with van der Waals surface area (Å²) in [4.78, 5) is 23.3. The summed E-state index contributed by atoms with van der Waals surface area (Å²) >= 11 is 6.30. The summed E-state index contributed by atoms with van der Waals surface area (Å²) in [5, 5.41) is 9.62. The van der Waals surface area contributed by atoms with E-state index in [4.69, 9.17) is 16.7 Å². The molecule has 1 unspecified atom stereocenters. The van der Waals surface area contributed by atoms with Crippen molar-refractivity contribution in [3.63, 3.8) is 0 Å². The zero-order valence-corrected chi connectivity index (χ0v) is 21.6. The molecule has 174 valence electrons. The van der Waals surface area contributed by atoms with E-state index in [1.165, 1.54) is 12.3 Å². The van der Waals surface area contributed by atoms with Gasteiger partial charge in [-0.25, -0.2) is 4.79 Å². The minimum Gasteiger partial charge on any atom is -0.477 e. The van der Waals surface area contributed by atoms with Crippen LogP contribution in [0.25, 0.3) is 5.57 Å². The maximum absolute atomic E-state index is 12.1. The van der Waals surface area contributed by atoms with E-state index in [-0.39, 0.29) is 11.5 Å². The maximum atomic E-state index is 12.1. The summed E-state index contributed by atoms with van der Waals surface area (Å²) in [5.41, 5.74) is 0.748. The number of aromatic nitrogens is 1. The highest BCUT2D eigenvalue weighted by Crippen LogP contribution is 2.31. The van der Waals surface area contributed by atoms with Crippen LogP contribution in [0, 0.1) is 11.8 Å². The number of carboxylic acid groups (broad SMARTS) is 1. The zero-order chi connectivity index (χ0) is 24.4. The lowest BCUT2D eigenvalue weighted by Crippen LogP contribution is -2.21. The molecule has 30 heavy (non-hydrogen) atoms. The van der Waals surface area contributed by atoms with Crippen LogP contribution in [-0.4, -0.2) is 15.6 Å². The number of rotatable bonds is 7. The molecule has 1 N–H and O–H groups in total. The SMILES string of the molecule is C=C/C(Cl)=C(/c1cc(=O)c(C(=O)O)cn1CCC)C(C)CC.CC.CC.CC(C)C. The van der Waals surface area contributed by atoms with Gasteiger partial charge in [0.05, 0.1) is 0 Å². The van der Waals surface area contributed by atoms with E-state index in [9.17, 15) is 9.59 Å². The minimum atomic E-state index is -1.22. The predicted octanol–water partition coefficient (Wildman–Crippen LogP) is 7.85. The maximum Gasteiger partial charge on any atom is 0.341 e. The van der Waals surface area contributed by atoms with Gasteiger partial charge in [0.25, 0.3) is 0 Å². The van der Waals surface area contributed by atoms with Gasteiger partial charge in [0, 0.05) is 29.5 Å². The first-order chi connectivity index (χ1) is 14.1. The number of pyridine rings is 1. The first-order valence-electron chi connectivity index (χ1n) is 11.1. The quantitative estimate of drug-likeness (QED) is 0.438. The van der Waals surface area contributed by atoms with Crippen LogP contribution in [-0.2, 0) is 6.54 Å². The molecule has 0 aliphatic carbocycles. The van der Waals surface area contributed by atoms with Crippen molar-refractivity contribution in [3.05, 3.63) is 51.4 Å². The molecule has 1 rings (SSSR count). The van der Waals surface area contributed by atoms with Gasteiger partial charge in [-0.15, -0.1) is 0 Å². The van der Waals surface area contributed by atoms with Gasteiger partial charge < -0.3 is 9.67 Å². The number of carbonyl (C=O) groups is 1. The predicted molar refractivity (Wildman–Crippen MR) is 134 cm³/mol. The lowest BCUT2D eigenvalue weighted by molar-refractivity contribution is 0.0694. The Kier molecular flexibility index (Phi) is 21.0. The number of halogens is 1. The van der Waals surface area contributed by atoms with Gasteiger partial charge in [-0.3, -0.25) is 4.79 Å². The second-order valence-corrected chi connectivity index (χ2v) is 7.35. The fraction of sp³-hybridized carbons (Fsp3) is 0.600. The molecule has 0 aliphatic heterocycles. The van der Waals surface area contributed by atoms with Gasteiger partial charge in [0.15, 0.2) is 5.43 Å². The molecular weight excluding hydrogens is 398 g/mol. The molecular formula is C25H44ClNO3. The molecule has 0 saturated heterocycles. The van der Waals surface area contributed by atoms with Crippen LogP contribution in [0.1, 0.15) is 98.1 Å². The fourth-order valence-electron chi connectivity index (χ4n) is 2.32. The van der Waals surface area contributed by atoms with Crippen molar-refractivity contribution in [1.82, 2.24) is 4.57 Å². The smallest absolute Gasteiger partial charge is 0.341 e. The Balaban J connectivity index is -0.000000793. The lowest BCUT2D eigenvalue weighted by Gasteiger charge is -2.21. The molecule has 0 saturated carbocycles. The number of hydrogen-bond acceptors (Lipinski definition) is 2. The topological polar surface area (TPSA) is 59.3 Å². The Morgan fingerprint density at radius 3 is 1.97 bits per heavy atom. The molecule has 1 aromatic heterocycles. The van der Waals surface area contributed by atoms with Crippen molar-refractivity contribution in [2.45, 2.75) is 88.6 Å². The normalized spacial score (nSPS) is 11.5. The Hall–Kier alpha value is -1.81. The second-order valence-electron chi connectivity index (χ2n) is 6.94. The monoisotopic (exact) mass is 441 g/mol. The summed E-state index contributed by atoms with van der Waals surface area (Å²) in [6.07, 6.45) is 4.61. The Morgan fingerprint density at radius 1 is 1.17 bits per heavy atom. The highest BCUT2D eigenvalue weighted by Gasteiger charge is 2.19. The summed E-state index contributed by atoms with van der Waals surface area (Å²) < 4.78 is 1.79. The van der Waals surface area contributed by atoms with E-state index in [1.807, 2.05) is 48.5 Å². The van der Waals surface area contributed by atoms with Gasteiger partial charge in [-0.2, -0.15) is 0 Å². The fourth-order valence-corrected chi connectivity index (χ4v) is 2.60. The van der Waals surface area contributed by atoms with Gasteiger partial charge in [0.2, 0.25) is 0 Å². The summed E-state index contributed by atoms with van der Waals surface area (Å²) in [6, 6.07) is 1.37. The second kappa shape index (κ2) is 19.2. The highest BCUT2D eigenvalue weighted by atomic mass is 35.5. The Labute approximate surface area is 189 Å². The summed E-state index contributed by atoms with van der Waals surface area (Å²) in [5.74, 6) is -0.256. The molecule has 0 radical (unpaired) electrons. The largest absolute Gasteiger partial charge is 0.477 e. The zero-order valence-electron chi connectivity index (χ0n) is 20.8. The van der Waals surface area contributed by atoms with E-state index in [0.29, 0.717) is 17.3 Å². The van der Waals surface area contributed by atoms with Crippen molar-refractivity contribution >= 4 is 23.1 Å². The molecule has 0 bridgehead atoms. The van der Waals surface area contributed by atoms with E-state index in [0.717, 1.165) is 24.3 Å². The highest BCUT2D eigenvalue weighted by molar-refractivity contribution is 6.34. The molecule has 5 heteroatoms. The van der Waals surface area contributed by atoms with E-state index >= 15 is 0 Å². The average Bonchev–Trinajstić information content (AvgIpc) is 2.71. The van der Waals surface area contributed by atoms with Crippen LogP contribution < -0.4 is 5.43 Å². The van der Waals surface area contributed by atoms with Gasteiger partial charge in [-0.1, -0.05) is 93.5 Å². The van der Waals surface area contributed by atoms with Gasteiger partial charge >= 0.3 is 5.97 Å². The number of hydrogen-bond donors (Lipinski definition) is 1. The van der Waals surface area contributed by atoms with Crippen molar-refractivity contribution in [1.29, 1.82) is 0 Å². The third kappa shape index (κ3) is 12.0. The van der Waals surface area contributed by atoms with Crippen molar-refractivity contribution in [2.75, 3.05) is 0 Å². The molecule has 1 atom stereocenters. The van der Waals surface area contributed by atoms with E-state index < -0.39 is 11.4 Å². The first kappa shape index (κ1) is 32.8. The number of allylic oxidation sites excluding steroid dienone is 3. The molecule has 1 aromatic rings. The molecule has 0 aliphatic rings. The van der Waals surface area contributed by atoms with Crippen LogP contribution >= 0.6 is 11.6 Å². The van der Waals surface area contributed by atoms with E-state index in [1.54, 1.807) is 10.6 Å². The van der Waals surface area contributed by atoms with Gasteiger partial charge in [-0.05, 0) is 30.3 Å². The lowest BCUT2D eigenvalue weighted by atomic mass is 9.93. The number of carboxylic acids is 1. The number of aryl methyl sites for hydroxylation is 1.